The van der Waals surface area contributed by atoms with E-state index in [9.17, 15) is 4.79 Å². The minimum Gasteiger partial charge on any atom is -0.371 e. The molecule has 0 bridgehead atoms. The minimum absolute atomic E-state index is 0.154. The number of carbonyl (C=O) groups excluding carboxylic acids is 1. The van der Waals surface area contributed by atoms with E-state index in [2.05, 4.69) is 11.0 Å². The first kappa shape index (κ1) is 8.96. The van der Waals surface area contributed by atoms with Gasteiger partial charge in [-0.25, -0.2) is 0 Å². The van der Waals surface area contributed by atoms with Crippen molar-refractivity contribution in [1.82, 2.24) is 0 Å². The Balaban J connectivity index is 1.85. The van der Waals surface area contributed by atoms with E-state index < -0.39 is 0 Å². The van der Waals surface area contributed by atoms with Gasteiger partial charge in [0, 0.05) is 24.3 Å². The van der Waals surface area contributed by atoms with Crippen LogP contribution in [0.3, 0.4) is 0 Å². The van der Waals surface area contributed by atoms with Gasteiger partial charge in [0.15, 0.2) is 5.78 Å². The summed E-state index contributed by atoms with van der Waals surface area (Å²) in [4.78, 5) is 13.7. The second-order valence-corrected chi connectivity index (χ2v) is 4.77. The smallest absolute Gasteiger partial charge is 0.159 e. The molecule has 1 aliphatic carbocycles. The molecular formula is C13H15NO. The Hall–Kier alpha value is -1.31. The third-order valence-corrected chi connectivity index (χ3v) is 3.60. The van der Waals surface area contributed by atoms with E-state index in [1.54, 1.807) is 6.92 Å². The zero-order valence-corrected chi connectivity index (χ0v) is 8.94. The summed E-state index contributed by atoms with van der Waals surface area (Å²) >= 11 is 0. The van der Waals surface area contributed by atoms with E-state index in [1.165, 1.54) is 25.2 Å². The first-order valence-corrected chi connectivity index (χ1v) is 5.60. The molecule has 0 radical (unpaired) electrons. The van der Waals surface area contributed by atoms with Crippen LogP contribution in [0.4, 0.5) is 5.69 Å². The first-order chi connectivity index (χ1) is 7.24. The molecule has 3 rings (SSSR count). The third-order valence-electron chi connectivity index (χ3n) is 3.60. The van der Waals surface area contributed by atoms with E-state index in [4.69, 9.17) is 0 Å². The van der Waals surface area contributed by atoms with Gasteiger partial charge in [0.25, 0.3) is 0 Å². The van der Waals surface area contributed by atoms with Crippen LogP contribution in [0.25, 0.3) is 0 Å². The van der Waals surface area contributed by atoms with Crippen molar-refractivity contribution in [3.63, 3.8) is 0 Å². The van der Waals surface area contributed by atoms with Crippen LogP contribution < -0.4 is 4.90 Å². The summed E-state index contributed by atoms with van der Waals surface area (Å²) in [5.41, 5.74) is 2.04. The van der Waals surface area contributed by atoms with E-state index in [0.717, 1.165) is 17.4 Å². The highest BCUT2D eigenvalue weighted by molar-refractivity contribution is 5.95. The molecule has 0 spiro atoms. The molecule has 2 fully saturated rings. The average Bonchev–Trinajstić information content (AvgIpc) is 2.86. The van der Waals surface area contributed by atoms with Crippen LogP contribution in [0, 0.1) is 11.8 Å². The number of hydrogen-bond acceptors (Lipinski definition) is 2. The number of piperidine rings is 1. The number of nitrogens with zero attached hydrogens (tertiary/aromatic N) is 1. The van der Waals surface area contributed by atoms with Gasteiger partial charge in [-0.2, -0.15) is 0 Å². The van der Waals surface area contributed by atoms with Gasteiger partial charge in [0.2, 0.25) is 0 Å². The van der Waals surface area contributed by atoms with Crippen LogP contribution in [0.1, 0.15) is 23.7 Å². The highest BCUT2D eigenvalue weighted by Gasteiger charge is 2.45. The molecule has 78 valence electrons. The summed E-state index contributed by atoms with van der Waals surface area (Å²) in [6.07, 6.45) is 1.42. The Morgan fingerprint density at radius 3 is 2.73 bits per heavy atom. The van der Waals surface area contributed by atoms with Gasteiger partial charge in [-0.3, -0.25) is 4.79 Å². The topological polar surface area (TPSA) is 20.3 Å². The fourth-order valence-corrected chi connectivity index (χ4v) is 2.53. The van der Waals surface area contributed by atoms with Crippen molar-refractivity contribution in [2.24, 2.45) is 11.8 Å². The summed E-state index contributed by atoms with van der Waals surface area (Å²) in [5.74, 6) is 2.03. The molecule has 2 heteroatoms. The molecule has 1 saturated heterocycles. The Kier molecular flexibility index (Phi) is 1.84. The molecule has 0 amide bonds. The minimum atomic E-state index is 0.154. The molecule has 15 heavy (non-hydrogen) atoms. The SMILES string of the molecule is CC(=O)c1cccc(N2CC3CC3C2)c1. The van der Waals surface area contributed by atoms with E-state index in [-0.39, 0.29) is 5.78 Å². The predicted octanol–water partition coefficient (Wildman–Crippen LogP) is 2.35. The lowest BCUT2D eigenvalue weighted by Crippen LogP contribution is -2.21. The van der Waals surface area contributed by atoms with Crippen LogP contribution in [0.5, 0.6) is 0 Å². The molecule has 2 unspecified atom stereocenters. The maximum atomic E-state index is 11.3. The standard InChI is InChI=1S/C13H15NO/c1-9(15)10-3-2-4-13(6-10)14-7-11-5-12(11)8-14/h2-4,6,11-12H,5,7-8H2,1H3. The summed E-state index contributed by atoms with van der Waals surface area (Å²) in [7, 11) is 0. The molecule has 2 atom stereocenters. The zero-order valence-electron chi connectivity index (χ0n) is 8.94. The molecule has 1 aromatic rings. The van der Waals surface area contributed by atoms with Gasteiger partial charge < -0.3 is 4.90 Å². The number of benzene rings is 1. The number of hydrogen-bond donors (Lipinski definition) is 0. The van der Waals surface area contributed by atoms with Crippen molar-refractivity contribution in [3.8, 4) is 0 Å². The lowest BCUT2D eigenvalue weighted by molar-refractivity contribution is 0.101. The molecule has 0 N–H and O–H groups in total. The lowest BCUT2D eigenvalue weighted by atomic mass is 10.1. The van der Waals surface area contributed by atoms with E-state index in [0.29, 0.717) is 0 Å². The summed E-state index contributed by atoms with van der Waals surface area (Å²) in [5, 5.41) is 0. The van der Waals surface area contributed by atoms with Crippen LogP contribution >= 0.6 is 0 Å². The van der Waals surface area contributed by atoms with Crippen molar-refractivity contribution >= 4 is 11.5 Å². The first-order valence-electron chi connectivity index (χ1n) is 5.60. The monoisotopic (exact) mass is 201 g/mol. The van der Waals surface area contributed by atoms with Crippen molar-refractivity contribution < 1.29 is 4.79 Å². The molecule has 1 aliphatic heterocycles. The number of fused-ring (bicyclic) bond motifs is 1. The van der Waals surface area contributed by atoms with Crippen LogP contribution in [-0.4, -0.2) is 18.9 Å². The predicted molar refractivity (Wildman–Crippen MR) is 60.3 cm³/mol. The molecule has 1 saturated carbocycles. The average molecular weight is 201 g/mol. The van der Waals surface area contributed by atoms with E-state index >= 15 is 0 Å². The molecule has 2 aliphatic rings. The molecule has 1 aromatic carbocycles. The Morgan fingerprint density at radius 2 is 2.07 bits per heavy atom. The maximum absolute atomic E-state index is 11.3. The van der Waals surface area contributed by atoms with Crippen LogP contribution in [0.2, 0.25) is 0 Å². The van der Waals surface area contributed by atoms with Gasteiger partial charge in [-0.1, -0.05) is 12.1 Å². The zero-order chi connectivity index (χ0) is 10.4. The van der Waals surface area contributed by atoms with Crippen molar-refractivity contribution in [1.29, 1.82) is 0 Å². The number of Topliss-reactive ketones (excluding diaryl/α,β-unsaturated/α-hetero) is 1. The van der Waals surface area contributed by atoms with Gasteiger partial charge in [-0.15, -0.1) is 0 Å². The van der Waals surface area contributed by atoms with Crippen LogP contribution in [0.15, 0.2) is 24.3 Å². The number of carbonyl (C=O) groups is 1. The molecule has 1 heterocycles. The van der Waals surface area contributed by atoms with Crippen molar-refractivity contribution in [2.75, 3.05) is 18.0 Å². The highest BCUT2D eigenvalue weighted by Crippen LogP contribution is 2.46. The second kappa shape index (κ2) is 3.09. The van der Waals surface area contributed by atoms with Gasteiger partial charge in [-0.05, 0) is 37.3 Å². The summed E-state index contributed by atoms with van der Waals surface area (Å²) < 4.78 is 0. The quantitative estimate of drug-likeness (QED) is 0.684. The summed E-state index contributed by atoms with van der Waals surface area (Å²) in [6.45, 7) is 4.00. The maximum Gasteiger partial charge on any atom is 0.159 e. The highest BCUT2D eigenvalue weighted by atomic mass is 16.1. The molecular weight excluding hydrogens is 186 g/mol. The number of rotatable bonds is 2. The van der Waals surface area contributed by atoms with Gasteiger partial charge in [0.05, 0.1) is 0 Å². The largest absolute Gasteiger partial charge is 0.371 e. The van der Waals surface area contributed by atoms with Gasteiger partial charge >= 0.3 is 0 Å². The second-order valence-electron chi connectivity index (χ2n) is 4.77. The van der Waals surface area contributed by atoms with Gasteiger partial charge in [0.1, 0.15) is 0 Å². The normalized spacial score (nSPS) is 27.7. The Morgan fingerprint density at radius 1 is 1.33 bits per heavy atom. The van der Waals surface area contributed by atoms with Crippen molar-refractivity contribution in [2.45, 2.75) is 13.3 Å². The Labute approximate surface area is 89.9 Å². The number of anilines is 1. The van der Waals surface area contributed by atoms with Crippen molar-refractivity contribution in [3.05, 3.63) is 29.8 Å². The fraction of sp³-hybridized carbons (Fsp3) is 0.462. The molecule has 0 aromatic heterocycles. The lowest BCUT2D eigenvalue weighted by Gasteiger charge is -2.20. The summed E-state index contributed by atoms with van der Waals surface area (Å²) in [6, 6.07) is 8.00. The van der Waals surface area contributed by atoms with E-state index in [1.807, 2.05) is 18.2 Å². The third kappa shape index (κ3) is 1.54. The number of ketones is 1. The van der Waals surface area contributed by atoms with Crippen LogP contribution in [-0.2, 0) is 0 Å². The fourth-order valence-electron chi connectivity index (χ4n) is 2.53. The molecule has 2 nitrogen and oxygen atoms in total. The Bertz CT molecular complexity index is 403.